The molecule has 0 bridgehead atoms. The van der Waals surface area contributed by atoms with Crippen LogP contribution in [0.25, 0.3) is 0 Å². The molecule has 0 heterocycles. The summed E-state index contributed by atoms with van der Waals surface area (Å²) in [6.45, 7) is 4.23. The number of hydrogen-bond acceptors (Lipinski definition) is 4. The molecule has 4 heteroatoms. The average molecular weight is 320 g/mol. The second kappa shape index (κ2) is 4.89. The minimum absolute atomic E-state index is 0.0267. The molecule has 4 saturated carbocycles. The minimum Gasteiger partial charge on any atom is -0.393 e. The van der Waals surface area contributed by atoms with Gasteiger partial charge in [-0.2, -0.15) is 0 Å². The van der Waals surface area contributed by atoms with Crippen LogP contribution in [0, 0.1) is 34.5 Å². The normalized spacial score (nSPS) is 56.0. The van der Waals surface area contributed by atoms with Gasteiger partial charge in [-0.05, 0) is 61.2 Å². The lowest BCUT2D eigenvalue weighted by Crippen LogP contribution is -2.61. The number of aliphatic hydroxyl groups is 2. The molecule has 0 radical (unpaired) electrons. The third kappa shape index (κ3) is 1.91. The van der Waals surface area contributed by atoms with E-state index in [9.17, 15) is 19.8 Å². The quantitative estimate of drug-likeness (QED) is 0.717. The molecule has 4 rings (SSSR count). The third-order valence-corrected chi connectivity index (χ3v) is 8.20. The van der Waals surface area contributed by atoms with E-state index in [2.05, 4.69) is 13.8 Å². The van der Waals surface area contributed by atoms with E-state index in [1.165, 1.54) is 0 Å². The summed E-state index contributed by atoms with van der Waals surface area (Å²) < 4.78 is 0. The fraction of sp³-hybridized carbons (Fsp3) is 0.895. The minimum atomic E-state index is -0.861. The van der Waals surface area contributed by atoms with Crippen molar-refractivity contribution < 1.29 is 19.8 Å². The zero-order chi connectivity index (χ0) is 16.6. The number of ketones is 2. The van der Waals surface area contributed by atoms with Crippen LogP contribution in [0.2, 0.25) is 0 Å². The zero-order valence-corrected chi connectivity index (χ0v) is 14.1. The van der Waals surface area contributed by atoms with Gasteiger partial charge >= 0.3 is 0 Å². The van der Waals surface area contributed by atoms with Gasteiger partial charge in [-0.1, -0.05) is 13.8 Å². The Balaban J connectivity index is 1.72. The molecule has 2 N–H and O–H groups in total. The van der Waals surface area contributed by atoms with E-state index in [1.54, 1.807) is 0 Å². The number of rotatable bonds is 0. The molecule has 0 aromatic rings. The van der Waals surface area contributed by atoms with Crippen molar-refractivity contribution in [3.8, 4) is 0 Å². The summed E-state index contributed by atoms with van der Waals surface area (Å²) in [5.74, 6) is 1.12. The van der Waals surface area contributed by atoms with Gasteiger partial charge in [0.25, 0.3) is 0 Å². The van der Waals surface area contributed by atoms with Crippen molar-refractivity contribution in [3.63, 3.8) is 0 Å². The maximum atomic E-state index is 12.4. The lowest BCUT2D eigenvalue weighted by Gasteiger charge is -2.61. The highest BCUT2D eigenvalue weighted by molar-refractivity contribution is 5.87. The van der Waals surface area contributed by atoms with Crippen LogP contribution in [0.5, 0.6) is 0 Å². The predicted molar refractivity (Wildman–Crippen MR) is 84.5 cm³/mol. The summed E-state index contributed by atoms with van der Waals surface area (Å²) in [6, 6.07) is 0. The van der Waals surface area contributed by atoms with E-state index < -0.39 is 12.2 Å². The fourth-order valence-electron chi connectivity index (χ4n) is 7.04. The van der Waals surface area contributed by atoms with Crippen LogP contribution >= 0.6 is 0 Å². The molecule has 0 saturated heterocycles. The molecular weight excluding hydrogens is 292 g/mol. The Hall–Kier alpha value is -0.740. The maximum Gasteiger partial charge on any atom is 0.161 e. The Bertz CT molecular complexity index is 558. The first kappa shape index (κ1) is 15.8. The van der Waals surface area contributed by atoms with Crippen LogP contribution < -0.4 is 0 Å². The molecule has 4 aliphatic rings. The molecule has 0 aliphatic heterocycles. The summed E-state index contributed by atoms with van der Waals surface area (Å²) in [6.07, 6.45) is 3.77. The topological polar surface area (TPSA) is 74.6 Å². The van der Waals surface area contributed by atoms with Crippen LogP contribution in [-0.4, -0.2) is 34.0 Å². The smallest absolute Gasteiger partial charge is 0.161 e. The first-order chi connectivity index (χ1) is 10.8. The van der Waals surface area contributed by atoms with Crippen LogP contribution in [0.1, 0.15) is 58.8 Å². The Morgan fingerprint density at radius 3 is 2.48 bits per heavy atom. The van der Waals surface area contributed by atoms with Gasteiger partial charge in [-0.3, -0.25) is 9.59 Å². The molecule has 4 nitrogen and oxygen atoms in total. The molecule has 0 spiro atoms. The first-order valence-corrected chi connectivity index (χ1v) is 9.21. The third-order valence-electron chi connectivity index (χ3n) is 8.20. The van der Waals surface area contributed by atoms with Crippen LogP contribution in [0.3, 0.4) is 0 Å². The summed E-state index contributed by atoms with van der Waals surface area (Å²) >= 11 is 0. The standard InChI is InChI=1S/C19H28O4/c1-18-8-7-13(20)17(23)12(18)4-3-10-11-5-6-15(22)19(11,2)9-14(21)16(10)18/h10-12,14,16-17,21,23H,3-9H2,1-2H3/t10-,11-,12?,14-,16+,17?,18-,19-/m0/s1. The van der Waals surface area contributed by atoms with Crippen molar-refractivity contribution in [2.24, 2.45) is 34.5 Å². The monoisotopic (exact) mass is 320 g/mol. The van der Waals surface area contributed by atoms with Crippen molar-refractivity contribution >= 4 is 11.6 Å². The van der Waals surface area contributed by atoms with E-state index in [-0.39, 0.29) is 28.4 Å². The van der Waals surface area contributed by atoms with Gasteiger partial charge in [0.1, 0.15) is 11.9 Å². The van der Waals surface area contributed by atoms with Crippen LogP contribution in [0.15, 0.2) is 0 Å². The Labute approximate surface area is 137 Å². The van der Waals surface area contributed by atoms with E-state index >= 15 is 0 Å². The Morgan fingerprint density at radius 1 is 1.00 bits per heavy atom. The van der Waals surface area contributed by atoms with Crippen molar-refractivity contribution in [2.45, 2.75) is 71.0 Å². The largest absolute Gasteiger partial charge is 0.393 e. The molecule has 4 aliphatic carbocycles. The number of Topliss-reactive ketones (excluding diaryl/α,β-unsaturated/α-hetero) is 2. The van der Waals surface area contributed by atoms with Crippen molar-refractivity contribution in [1.29, 1.82) is 0 Å². The number of carbonyl (C=O) groups excluding carboxylic acids is 2. The predicted octanol–water partition coefficient (Wildman–Crippen LogP) is 2.11. The molecule has 0 aromatic heterocycles. The molecule has 8 atom stereocenters. The van der Waals surface area contributed by atoms with E-state index in [1.807, 2.05) is 0 Å². The fourth-order valence-corrected chi connectivity index (χ4v) is 7.04. The number of fused-ring (bicyclic) bond motifs is 5. The maximum absolute atomic E-state index is 12.4. The highest BCUT2D eigenvalue weighted by Crippen LogP contribution is 2.65. The van der Waals surface area contributed by atoms with Crippen LogP contribution in [-0.2, 0) is 9.59 Å². The Kier molecular flexibility index (Phi) is 3.35. The number of carbonyl (C=O) groups is 2. The second-order valence-electron chi connectivity index (χ2n) is 9.05. The van der Waals surface area contributed by atoms with E-state index in [4.69, 9.17) is 0 Å². The molecule has 4 fully saturated rings. The van der Waals surface area contributed by atoms with Gasteiger partial charge in [-0.25, -0.2) is 0 Å². The van der Waals surface area contributed by atoms with Gasteiger partial charge in [0.05, 0.1) is 6.10 Å². The molecule has 0 aromatic carbocycles. The molecule has 128 valence electrons. The van der Waals surface area contributed by atoms with Crippen LogP contribution in [0.4, 0.5) is 0 Å². The van der Waals surface area contributed by atoms with E-state index in [0.29, 0.717) is 36.9 Å². The molecule has 0 amide bonds. The van der Waals surface area contributed by atoms with Crippen molar-refractivity contribution in [2.75, 3.05) is 0 Å². The molecule has 23 heavy (non-hydrogen) atoms. The van der Waals surface area contributed by atoms with Crippen molar-refractivity contribution in [3.05, 3.63) is 0 Å². The highest BCUT2D eigenvalue weighted by Gasteiger charge is 2.64. The lowest BCUT2D eigenvalue weighted by atomic mass is 9.44. The SMILES string of the molecule is C[C@]12CCC(=O)C(O)C1CC[C@@H]1[C@@H]2[C@@H](O)C[C@]2(C)C(=O)CC[C@@H]12. The molecule has 2 unspecified atom stereocenters. The summed E-state index contributed by atoms with van der Waals surface area (Å²) in [4.78, 5) is 24.4. The van der Waals surface area contributed by atoms with Gasteiger partial charge < -0.3 is 10.2 Å². The first-order valence-electron chi connectivity index (χ1n) is 9.21. The second-order valence-corrected chi connectivity index (χ2v) is 9.05. The van der Waals surface area contributed by atoms with Gasteiger partial charge in [0.15, 0.2) is 5.78 Å². The zero-order valence-electron chi connectivity index (χ0n) is 14.1. The van der Waals surface area contributed by atoms with Gasteiger partial charge in [0.2, 0.25) is 0 Å². The number of aliphatic hydroxyl groups excluding tert-OH is 2. The lowest BCUT2D eigenvalue weighted by molar-refractivity contribution is -0.187. The summed E-state index contributed by atoms with van der Waals surface area (Å²) in [5.41, 5.74) is -0.532. The van der Waals surface area contributed by atoms with Gasteiger partial charge in [0, 0.05) is 18.3 Å². The average Bonchev–Trinajstić information content (AvgIpc) is 2.78. The summed E-state index contributed by atoms with van der Waals surface area (Å²) in [5, 5.41) is 21.4. The summed E-state index contributed by atoms with van der Waals surface area (Å²) in [7, 11) is 0. The number of hydrogen-bond donors (Lipinski definition) is 2. The van der Waals surface area contributed by atoms with Gasteiger partial charge in [-0.15, -0.1) is 0 Å². The highest BCUT2D eigenvalue weighted by atomic mass is 16.3. The molecular formula is C19H28O4. The Morgan fingerprint density at radius 2 is 1.74 bits per heavy atom. The van der Waals surface area contributed by atoms with Crippen molar-refractivity contribution in [1.82, 2.24) is 0 Å². The van der Waals surface area contributed by atoms with E-state index in [0.717, 1.165) is 25.7 Å².